The van der Waals surface area contributed by atoms with Crippen molar-refractivity contribution in [3.8, 4) is 6.07 Å². The second-order valence-corrected chi connectivity index (χ2v) is 3.88. The molecule has 3 heteroatoms. The number of alkyl halides is 1. The second kappa shape index (κ2) is 8.52. The lowest BCUT2D eigenvalue weighted by Gasteiger charge is -2.23. The Morgan fingerprint density at radius 2 is 2.15 bits per heavy atom. The summed E-state index contributed by atoms with van der Waals surface area (Å²) in [6, 6.07) is 2.19. The summed E-state index contributed by atoms with van der Waals surface area (Å²) < 4.78 is 0. The molecule has 0 aliphatic rings. The van der Waals surface area contributed by atoms with Crippen LogP contribution in [0.2, 0.25) is 0 Å². The maximum Gasteiger partial charge on any atom is 0.0635 e. The Morgan fingerprint density at radius 1 is 1.46 bits per heavy atom. The quantitative estimate of drug-likeness (QED) is 0.646. The van der Waals surface area contributed by atoms with E-state index in [0.29, 0.717) is 6.42 Å². The van der Waals surface area contributed by atoms with Gasteiger partial charge in [0.1, 0.15) is 0 Å². The van der Waals surface area contributed by atoms with Gasteiger partial charge in [-0.1, -0.05) is 36.2 Å². The number of hydrogen-bond acceptors (Lipinski definition) is 2. The summed E-state index contributed by atoms with van der Waals surface area (Å²) >= 11 is 3.51. The van der Waals surface area contributed by atoms with Crippen LogP contribution in [0.3, 0.4) is 0 Å². The van der Waals surface area contributed by atoms with E-state index in [-0.39, 0.29) is 0 Å². The maximum atomic E-state index is 8.47. The van der Waals surface area contributed by atoms with Gasteiger partial charge in [-0.15, -0.1) is 0 Å². The van der Waals surface area contributed by atoms with Gasteiger partial charge in [0.05, 0.1) is 6.07 Å². The molecule has 0 aromatic carbocycles. The molecule has 0 saturated heterocycles. The van der Waals surface area contributed by atoms with Crippen LogP contribution in [0.1, 0.15) is 26.7 Å². The first-order valence-corrected chi connectivity index (χ1v) is 6.05. The lowest BCUT2D eigenvalue weighted by atomic mass is 10.1. The fraction of sp³-hybridized carbons (Fsp3) is 0.900. The summed E-state index contributed by atoms with van der Waals surface area (Å²) in [5.74, 6) is 0.721. The third-order valence-electron chi connectivity index (χ3n) is 2.30. The van der Waals surface area contributed by atoms with Gasteiger partial charge in [-0.25, -0.2) is 0 Å². The van der Waals surface area contributed by atoms with Gasteiger partial charge in [0.25, 0.3) is 0 Å². The predicted octanol–water partition coefficient (Wildman–Crippen LogP) is 2.64. The third kappa shape index (κ3) is 6.06. The molecule has 0 spiro atoms. The monoisotopic (exact) mass is 246 g/mol. The highest BCUT2D eigenvalue weighted by atomic mass is 79.9. The Hall–Kier alpha value is -0.0700. The van der Waals surface area contributed by atoms with E-state index < -0.39 is 0 Å². The molecule has 0 aromatic heterocycles. The number of rotatable bonds is 7. The molecule has 0 saturated carbocycles. The Labute approximate surface area is 90.0 Å². The fourth-order valence-corrected chi connectivity index (χ4v) is 1.90. The zero-order valence-electron chi connectivity index (χ0n) is 8.59. The molecule has 13 heavy (non-hydrogen) atoms. The SMILES string of the molecule is CCC(CBr)CN(CC)CCC#N. The van der Waals surface area contributed by atoms with Crippen LogP contribution in [0.5, 0.6) is 0 Å². The first-order chi connectivity index (χ1) is 6.28. The van der Waals surface area contributed by atoms with Crippen molar-refractivity contribution in [2.45, 2.75) is 26.7 Å². The predicted molar refractivity (Wildman–Crippen MR) is 59.9 cm³/mol. The molecule has 0 aromatic rings. The van der Waals surface area contributed by atoms with Crippen molar-refractivity contribution in [1.29, 1.82) is 5.26 Å². The summed E-state index contributed by atoms with van der Waals surface area (Å²) in [5, 5.41) is 9.54. The van der Waals surface area contributed by atoms with E-state index in [1.165, 1.54) is 6.42 Å². The molecule has 0 radical (unpaired) electrons. The highest BCUT2D eigenvalue weighted by molar-refractivity contribution is 9.09. The lowest BCUT2D eigenvalue weighted by molar-refractivity contribution is 0.253. The lowest BCUT2D eigenvalue weighted by Crippen LogP contribution is -2.30. The van der Waals surface area contributed by atoms with Gasteiger partial charge in [-0.05, 0) is 12.5 Å². The molecule has 0 aliphatic heterocycles. The van der Waals surface area contributed by atoms with Crippen LogP contribution in [0.15, 0.2) is 0 Å². The molecular formula is C10H19BrN2. The molecule has 0 fully saturated rings. The molecular weight excluding hydrogens is 228 g/mol. The van der Waals surface area contributed by atoms with Gasteiger partial charge in [0.2, 0.25) is 0 Å². The van der Waals surface area contributed by atoms with E-state index in [1.807, 2.05) is 0 Å². The molecule has 0 heterocycles. The zero-order valence-corrected chi connectivity index (χ0v) is 10.2. The maximum absolute atomic E-state index is 8.47. The van der Waals surface area contributed by atoms with Gasteiger partial charge < -0.3 is 4.90 Å². The van der Waals surface area contributed by atoms with Crippen LogP contribution in [0, 0.1) is 17.2 Å². The Balaban J connectivity index is 3.75. The average molecular weight is 247 g/mol. The topological polar surface area (TPSA) is 27.0 Å². The normalized spacial score (nSPS) is 12.8. The first kappa shape index (κ1) is 12.9. The van der Waals surface area contributed by atoms with Crippen LogP contribution >= 0.6 is 15.9 Å². The van der Waals surface area contributed by atoms with E-state index in [4.69, 9.17) is 5.26 Å². The minimum Gasteiger partial charge on any atom is -0.302 e. The van der Waals surface area contributed by atoms with Crippen molar-refractivity contribution in [1.82, 2.24) is 4.90 Å². The van der Waals surface area contributed by atoms with Crippen LogP contribution in [-0.2, 0) is 0 Å². The molecule has 1 unspecified atom stereocenters. The van der Waals surface area contributed by atoms with Gasteiger partial charge in [-0.3, -0.25) is 0 Å². The molecule has 0 aliphatic carbocycles. The summed E-state index contributed by atoms with van der Waals surface area (Å²) in [7, 11) is 0. The van der Waals surface area contributed by atoms with E-state index in [0.717, 1.165) is 30.9 Å². The van der Waals surface area contributed by atoms with Crippen LogP contribution < -0.4 is 0 Å². The summed E-state index contributed by atoms with van der Waals surface area (Å²) in [6.45, 7) is 7.43. The van der Waals surface area contributed by atoms with Crippen molar-refractivity contribution in [2.75, 3.05) is 25.0 Å². The van der Waals surface area contributed by atoms with E-state index in [2.05, 4.69) is 40.7 Å². The van der Waals surface area contributed by atoms with Gasteiger partial charge in [0, 0.05) is 24.8 Å². The van der Waals surface area contributed by atoms with E-state index >= 15 is 0 Å². The second-order valence-electron chi connectivity index (χ2n) is 3.23. The number of nitrogens with zero attached hydrogens (tertiary/aromatic N) is 2. The Bertz CT molecular complexity index is 149. The van der Waals surface area contributed by atoms with Crippen molar-refractivity contribution in [3.63, 3.8) is 0 Å². The zero-order chi connectivity index (χ0) is 10.1. The van der Waals surface area contributed by atoms with Crippen molar-refractivity contribution in [3.05, 3.63) is 0 Å². The minimum atomic E-state index is 0.645. The summed E-state index contributed by atoms with van der Waals surface area (Å²) in [5.41, 5.74) is 0. The summed E-state index contributed by atoms with van der Waals surface area (Å²) in [4.78, 5) is 2.35. The van der Waals surface area contributed by atoms with Crippen LogP contribution in [-0.4, -0.2) is 29.9 Å². The standard InChI is InChI=1S/C10H19BrN2/c1-3-10(8-11)9-13(4-2)7-5-6-12/h10H,3-5,7-9H2,1-2H3. The largest absolute Gasteiger partial charge is 0.302 e. The Kier molecular flexibility index (Phi) is 8.48. The van der Waals surface area contributed by atoms with Crippen molar-refractivity contribution < 1.29 is 0 Å². The average Bonchev–Trinajstić information content (AvgIpc) is 2.19. The molecule has 0 rings (SSSR count). The molecule has 0 N–H and O–H groups in total. The van der Waals surface area contributed by atoms with Gasteiger partial charge in [0.15, 0.2) is 0 Å². The number of nitriles is 1. The Morgan fingerprint density at radius 3 is 2.54 bits per heavy atom. The minimum absolute atomic E-state index is 0.645. The third-order valence-corrected chi connectivity index (χ3v) is 3.21. The highest BCUT2D eigenvalue weighted by Gasteiger charge is 2.09. The summed E-state index contributed by atoms with van der Waals surface area (Å²) in [6.07, 6.45) is 1.85. The molecule has 0 bridgehead atoms. The van der Waals surface area contributed by atoms with Crippen molar-refractivity contribution in [2.24, 2.45) is 5.92 Å². The van der Waals surface area contributed by atoms with E-state index in [9.17, 15) is 0 Å². The van der Waals surface area contributed by atoms with Crippen molar-refractivity contribution >= 4 is 15.9 Å². The number of halogens is 1. The molecule has 0 amide bonds. The van der Waals surface area contributed by atoms with Crippen LogP contribution in [0.25, 0.3) is 0 Å². The van der Waals surface area contributed by atoms with E-state index in [1.54, 1.807) is 0 Å². The molecule has 2 nitrogen and oxygen atoms in total. The van der Waals surface area contributed by atoms with Gasteiger partial charge in [-0.2, -0.15) is 5.26 Å². The molecule has 76 valence electrons. The van der Waals surface area contributed by atoms with Gasteiger partial charge >= 0.3 is 0 Å². The fourth-order valence-electron chi connectivity index (χ4n) is 1.24. The molecule has 1 atom stereocenters. The number of hydrogen-bond donors (Lipinski definition) is 0. The highest BCUT2D eigenvalue weighted by Crippen LogP contribution is 2.08. The van der Waals surface area contributed by atoms with Crippen LogP contribution in [0.4, 0.5) is 0 Å². The smallest absolute Gasteiger partial charge is 0.0635 e. The first-order valence-electron chi connectivity index (χ1n) is 4.93.